The number of anilines is 1. The van der Waals surface area contributed by atoms with Crippen molar-refractivity contribution in [3.8, 4) is 0 Å². The van der Waals surface area contributed by atoms with E-state index in [-0.39, 0.29) is 29.0 Å². The van der Waals surface area contributed by atoms with Gasteiger partial charge in [0, 0.05) is 30.9 Å². The lowest BCUT2D eigenvalue weighted by atomic mass is 10.1. The van der Waals surface area contributed by atoms with Crippen LogP contribution in [0.25, 0.3) is 0 Å². The summed E-state index contributed by atoms with van der Waals surface area (Å²) in [7, 11) is -3.71. The Hall–Kier alpha value is -3.11. The number of nitrogens with zero attached hydrogens (tertiary/aromatic N) is 4. The van der Waals surface area contributed by atoms with Gasteiger partial charge in [0.15, 0.2) is 5.76 Å². The third kappa shape index (κ3) is 4.08. The maximum Gasteiger partial charge on any atom is 0.259 e. The summed E-state index contributed by atoms with van der Waals surface area (Å²) >= 11 is 0. The first-order valence-electron chi connectivity index (χ1n) is 9.90. The van der Waals surface area contributed by atoms with E-state index in [9.17, 15) is 13.2 Å². The number of hydrogen-bond donors (Lipinski definition) is 1. The highest BCUT2D eigenvalue weighted by Crippen LogP contribution is 2.32. The molecular weight excluding hydrogens is 418 g/mol. The van der Waals surface area contributed by atoms with E-state index in [2.05, 4.69) is 20.4 Å². The second kappa shape index (κ2) is 8.20. The van der Waals surface area contributed by atoms with Crippen LogP contribution in [0.5, 0.6) is 0 Å². The molecule has 4 rings (SSSR count). The molecule has 3 aromatic rings. The lowest BCUT2D eigenvalue weighted by Gasteiger charge is -2.16. The number of amides is 1. The van der Waals surface area contributed by atoms with Gasteiger partial charge in [-0.25, -0.2) is 18.4 Å². The van der Waals surface area contributed by atoms with Crippen LogP contribution in [0.15, 0.2) is 45.9 Å². The predicted octanol–water partition coefficient (Wildman–Crippen LogP) is 2.82. The number of sulfonamides is 1. The Morgan fingerprint density at radius 1 is 1.16 bits per heavy atom. The SMILES string of the molecule is Cc1nc([C@@H]2CCN(S(=O)(=O)c3c(C)noc3C)C2)ncc1C(=O)Nc1ccccc1. The van der Waals surface area contributed by atoms with E-state index in [1.807, 2.05) is 18.2 Å². The van der Waals surface area contributed by atoms with E-state index in [0.717, 1.165) is 0 Å². The van der Waals surface area contributed by atoms with Crippen molar-refractivity contribution < 1.29 is 17.7 Å². The van der Waals surface area contributed by atoms with Crippen LogP contribution in [0.3, 0.4) is 0 Å². The van der Waals surface area contributed by atoms with E-state index in [4.69, 9.17) is 4.52 Å². The van der Waals surface area contributed by atoms with Crippen LogP contribution < -0.4 is 5.32 Å². The molecule has 1 amide bonds. The number of carbonyl (C=O) groups is 1. The zero-order valence-electron chi connectivity index (χ0n) is 17.5. The molecule has 31 heavy (non-hydrogen) atoms. The summed E-state index contributed by atoms with van der Waals surface area (Å²) in [4.78, 5) is 21.6. The molecule has 0 unspecified atom stereocenters. The van der Waals surface area contributed by atoms with Crippen molar-refractivity contribution in [1.29, 1.82) is 0 Å². The van der Waals surface area contributed by atoms with Crippen LogP contribution in [0, 0.1) is 20.8 Å². The van der Waals surface area contributed by atoms with Crippen LogP contribution in [0.1, 0.15) is 45.7 Å². The van der Waals surface area contributed by atoms with Gasteiger partial charge in [0.25, 0.3) is 5.91 Å². The molecule has 1 fully saturated rings. The van der Waals surface area contributed by atoms with E-state index >= 15 is 0 Å². The fourth-order valence-electron chi connectivity index (χ4n) is 3.75. The van der Waals surface area contributed by atoms with Gasteiger partial charge in [-0.15, -0.1) is 0 Å². The van der Waals surface area contributed by atoms with Gasteiger partial charge in [-0.05, 0) is 39.3 Å². The summed E-state index contributed by atoms with van der Waals surface area (Å²) < 4.78 is 32.5. The fourth-order valence-corrected chi connectivity index (χ4v) is 5.55. The van der Waals surface area contributed by atoms with Crippen LogP contribution in [-0.2, 0) is 10.0 Å². The zero-order valence-corrected chi connectivity index (χ0v) is 18.3. The fraction of sp³-hybridized carbons (Fsp3) is 0.333. The summed E-state index contributed by atoms with van der Waals surface area (Å²) in [6.07, 6.45) is 2.10. The third-order valence-corrected chi connectivity index (χ3v) is 7.47. The lowest BCUT2D eigenvalue weighted by Crippen LogP contribution is -2.29. The molecule has 2 aromatic heterocycles. The quantitative estimate of drug-likeness (QED) is 0.647. The molecule has 9 nitrogen and oxygen atoms in total. The summed E-state index contributed by atoms with van der Waals surface area (Å²) in [6.45, 7) is 5.57. The highest BCUT2D eigenvalue weighted by atomic mass is 32.2. The van der Waals surface area contributed by atoms with Crippen molar-refractivity contribution in [3.63, 3.8) is 0 Å². The molecule has 162 valence electrons. The van der Waals surface area contributed by atoms with E-state index < -0.39 is 10.0 Å². The molecule has 1 aliphatic rings. The highest BCUT2D eigenvalue weighted by molar-refractivity contribution is 7.89. The molecule has 0 bridgehead atoms. The van der Waals surface area contributed by atoms with Crippen molar-refractivity contribution in [2.24, 2.45) is 0 Å². The number of rotatable bonds is 5. The smallest absolute Gasteiger partial charge is 0.259 e. The van der Waals surface area contributed by atoms with Crippen molar-refractivity contribution in [1.82, 2.24) is 19.4 Å². The molecule has 1 N–H and O–H groups in total. The molecule has 0 saturated carbocycles. The van der Waals surface area contributed by atoms with E-state index in [1.165, 1.54) is 10.5 Å². The van der Waals surface area contributed by atoms with Crippen molar-refractivity contribution >= 4 is 21.6 Å². The standard InChI is InChI=1S/C21H23N5O4S/c1-13-18(21(27)24-17-7-5-4-6-8-17)11-22-20(23-13)16-9-10-26(12-16)31(28,29)19-14(2)25-30-15(19)3/h4-8,11,16H,9-10,12H2,1-3H3,(H,24,27)/t16-/m1/s1. The molecule has 1 aliphatic heterocycles. The minimum atomic E-state index is -3.71. The second-order valence-electron chi connectivity index (χ2n) is 7.55. The summed E-state index contributed by atoms with van der Waals surface area (Å²) in [5, 5.41) is 6.58. The Balaban J connectivity index is 1.50. The van der Waals surface area contributed by atoms with Crippen LogP contribution in [0.4, 0.5) is 5.69 Å². The maximum absolute atomic E-state index is 13.0. The Bertz CT molecular complexity index is 1200. The van der Waals surface area contributed by atoms with Gasteiger partial charge in [-0.3, -0.25) is 4.79 Å². The van der Waals surface area contributed by atoms with Gasteiger partial charge in [-0.2, -0.15) is 4.31 Å². The Morgan fingerprint density at radius 2 is 1.90 bits per heavy atom. The average molecular weight is 442 g/mol. The summed E-state index contributed by atoms with van der Waals surface area (Å²) in [5.74, 6) is 0.372. The molecule has 0 spiro atoms. The number of aryl methyl sites for hydroxylation is 3. The molecule has 1 aromatic carbocycles. The normalized spacial score (nSPS) is 17.1. The summed E-state index contributed by atoms with van der Waals surface area (Å²) in [6, 6.07) is 9.15. The number of para-hydroxylation sites is 1. The van der Waals surface area contributed by atoms with Gasteiger partial charge in [0.05, 0.1) is 11.3 Å². The van der Waals surface area contributed by atoms with Gasteiger partial charge >= 0.3 is 0 Å². The van der Waals surface area contributed by atoms with E-state index in [1.54, 1.807) is 32.9 Å². The third-order valence-electron chi connectivity index (χ3n) is 5.36. The average Bonchev–Trinajstić information content (AvgIpc) is 3.36. The maximum atomic E-state index is 13.0. The number of benzene rings is 1. The van der Waals surface area contributed by atoms with Gasteiger partial charge < -0.3 is 9.84 Å². The number of carbonyl (C=O) groups excluding carboxylic acids is 1. The Morgan fingerprint density at radius 3 is 2.55 bits per heavy atom. The first-order valence-corrected chi connectivity index (χ1v) is 11.3. The Kier molecular flexibility index (Phi) is 5.59. The van der Waals surface area contributed by atoms with Crippen LogP contribution >= 0.6 is 0 Å². The molecule has 10 heteroatoms. The van der Waals surface area contributed by atoms with Gasteiger partial charge in [-0.1, -0.05) is 23.4 Å². The second-order valence-corrected chi connectivity index (χ2v) is 9.42. The Labute approximate surface area is 180 Å². The van der Waals surface area contributed by atoms with Crippen molar-refractivity contribution in [3.05, 3.63) is 65.1 Å². The van der Waals surface area contributed by atoms with Crippen molar-refractivity contribution in [2.75, 3.05) is 18.4 Å². The largest absolute Gasteiger partial charge is 0.360 e. The number of aromatic nitrogens is 3. The van der Waals surface area contributed by atoms with Gasteiger partial charge in [0.2, 0.25) is 10.0 Å². The molecule has 0 aliphatic carbocycles. The minimum absolute atomic E-state index is 0.123. The van der Waals surface area contributed by atoms with Crippen LogP contribution in [-0.4, -0.2) is 46.8 Å². The van der Waals surface area contributed by atoms with Gasteiger partial charge in [0.1, 0.15) is 16.4 Å². The van der Waals surface area contributed by atoms with Crippen molar-refractivity contribution in [2.45, 2.75) is 38.0 Å². The molecule has 3 heterocycles. The first-order chi connectivity index (χ1) is 14.8. The minimum Gasteiger partial charge on any atom is -0.360 e. The molecule has 1 atom stereocenters. The first kappa shape index (κ1) is 21.1. The molecule has 0 radical (unpaired) electrons. The number of hydrogen-bond acceptors (Lipinski definition) is 7. The monoisotopic (exact) mass is 441 g/mol. The highest BCUT2D eigenvalue weighted by Gasteiger charge is 2.37. The topological polar surface area (TPSA) is 118 Å². The molecule has 1 saturated heterocycles. The zero-order chi connectivity index (χ0) is 22.2. The summed E-state index contributed by atoms with van der Waals surface area (Å²) in [5.41, 5.74) is 1.96. The number of nitrogens with one attached hydrogen (secondary N) is 1. The van der Waals surface area contributed by atoms with Crippen LogP contribution in [0.2, 0.25) is 0 Å². The molecular formula is C21H23N5O4S. The van der Waals surface area contributed by atoms with E-state index in [0.29, 0.717) is 41.4 Å². The predicted molar refractivity (Wildman–Crippen MR) is 113 cm³/mol. The lowest BCUT2D eigenvalue weighted by molar-refractivity contribution is 0.102.